The maximum Gasteiger partial charge on any atom is 0.139 e. The van der Waals surface area contributed by atoms with E-state index in [-0.39, 0.29) is 12.0 Å². The van der Waals surface area contributed by atoms with E-state index in [1.54, 1.807) is 0 Å². The van der Waals surface area contributed by atoms with Gasteiger partial charge < -0.3 is 14.4 Å². The first-order chi connectivity index (χ1) is 11.8. The Bertz CT molecular complexity index is 627. The lowest BCUT2D eigenvalue weighted by molar-refractivity contribution is -0.0250. The molecule has 1 aliphatic heterocycles. The number of aromatic nitrogens is 2. The zero-order valence-electron chi connectivity index (χ0n) is 14.6. The molecule has 2 aromatic rings. The summed E-state index contributed by atoms with van der Waals surface area (Å²) in [6, 6.07) is 8.75. The molecule has 3 rings (SSSR count). The van der Waals surface area contributed by atoms with Crippen LogP contribution < -0.4 is 0 Å². The lowest BCUT2D eigenvalue weighted by atomic mass is 9.81. The predicted octanol–water partition coefficient (Wildman–Crippen LogP) is 3.68. The van der Waals surface area contributed by atoms with Crippen molar-refractivity contribution in [3.8, 4) is 11.4 Å². The average molecular weight is 328 g/mol. The van der Waals surface area contributed by atoms with Crippen molar-refractivity contribution >= 4 is 0 Å². The molecule has 0 saturated carbocycles. The molecule has 1 aromatic heterocycles. The number of aliphatic hydroxyl groups excluding tert-OH is 1. The van der Waals surface area contributed by atoms with Gasteiger partial charge in [0, 0.05) is 43.1 Å². The monoisotopic (exact) mass is 328 g/mol. The van der Waals surface area contributed by atoms with Crippen LogP contribution in [-0.4, -0.2) is 34.5 Å². The fourth-order valence-corrected chi connectivity index (χ4v) is 3.43. The number of imidazole rings is 1. The molecule has 4 nitrogen and oxygen atoms in total. The minimum absolute atomic E-state index is 0.0885. The van der Waals surface area contributed by atoms with Crippen LogP contribution in [0.4, 0.5) is 0 Å². The smallest absolute Gasteiger partial charge is 0.139 e. The number of unbranched alkanes of at least 4 members (excludes halogenated alkanes) is 1. The summed E-state index contributed by atoms with van der Waals surface area (Å²) in [5.74, 6) is 0.983. The van der Waals surface area contributed by atoms with Gasteiger partial charge >= 0.3 is 0 Å². The second-order valence-corrected chi connectivity index (χ2v) is 6.95. The molecular weight excluding hydrogens is 300 g/mol. The first-order valence-electron chi connectivity index (χ1n) is 9.05. The molecule has 0 unspecified atom stereocenters. The highest BCUT2D eigenvalue weighted by molar-refractivity contribution is 5.56. The van der Waals surface area contributed by atoms with Crippen LogP contribution in [0.3, 0.4) is 0 Å². The van der Waals surface area contributed by atoms with E-state index in [4.69, 9.17) is 4.74 Å². The van der Waals surface area contributed by atoms with E-state index in [1.807, 2.05) is 12.4 Å². The Kier molecular flexibility index (Phi) is 5.69. The van der Waals surface area contributed by atoms with Crippen LogP contribution in [0.5, 0.6) is 0 Å². The summed E-state index contributed by atoms with van der Waals surface area (Å²) in [6.45, 7) is 4.68. The van der Waals surface area contributed by atoms with Gasteiger partial charge in [-0.25, -0.2) is 4.98 Å². The first kappa shape index (κ1) is 17.2. The summed E-state index contributed by atoms with van der Waals surface area (Å²) >= 11 is 0. The first-order valence-corrected chi connectivity index (χ1v) is 9.05. The van der Waals surface area contributed by atoms with Gasteiger partial charge in [-0.1, -0.05) is 37.6 Å². The average Bonchev–Trinajstić information content (AvgIpc) is 3.09. The molecule has 1 saturated heterocycles. The Hall–Kier alpha value is -1.65. The molecule has 1 fully saturated rings. The number of benzene rings is 1. The molecule has 2 heterocycles. The third kappa shape index (κ3) is 3.87. The molecule has 0 amide bonds. The van der Waals surface area contributed by atoms with E-state index in [9.17, 15) is 5.11 Å². The Morgan fingerprint density at radius 1 is 1.21 bits per heavy atom. The highest BCUT2D eigenvalue weighted by atomic mass is 16.5. The minimum Gasteiger partial charge on any atom is -0.396 e. The summed E-state index contributed by atoms with van der Waals surface area (Å²) < 4.78 is 7.65. The molecule has 130 valence electrons. The molecule has 0 atom stereocenters. The number of aliphatic hydroxyl groups is 1. The largest absolute Gasteiger partial charge is 0.396 e. The van der Waals surface area contributed by atoms with Crippen LogP contribution in [0.25, 0.3) is 11.4 Å². The van der Waals surface area contributed by atoms with Crippen molar-refractivity contribution in [3.63, 3.8) is 0 Å². The molecule has 1 N–H and O–H groups in total. The van der Waals surface area contributed by atoms with Gasteiger partial charge in [0.1, 0.15) is 5.82 Å². The lowest BCUT2D eigenvalue weighted by Gasteiger charge is -2.36. The van der Waals surface area contributed by atoms with Gasteiger partial charge in [-0.3, -0.25) is 0 Å². The lowest BCUT2D eigenvalue weighted by Crippen LogP contribution is -2.37. The predicted molar refractivity (Wildman–Crippen MR) is 95.8 cm³/mol. The van der Waals surface area contributed by atoms with Crippen molar-refractivity contribution in [3.05, 3.63) is 42.2 Å². The third-order valence-electron chi connectivity index (χ3n) is 5.14. The van der Waals surface area contributed by atoms with Gasteiger partial charge in [0.2, 0.25) is 0 Å². The summed E-state index contributed by atoms with van der Waals surface area (Å²) in [6.07, 6.45) is 9.26. The number of ether oxygens (including phenoxy) is 1. The topological polar surface area (TPSA) is 47.3 Å². The molecule has 0 bridgehead atoms. The highest BCUT2D eigenvalue weighted by Gasteiger charge is 2.33. The van der Waals surface area contributed by atoms with E-state index in [2.05, 4.69) is 40.7 Å². The highest BCUT2D eigenvalue weighted by Crippen LogP contribution is 2.33. The molecule has 0 aliphatic carbocycles. The Balaban J connectivity index is 1.77. The van der Waals surface area contributed by atoms with Gasteiger partial charge in [-0.2, -0.15) is 0 Å². The molecule has 4 heteroatoms. The maximum atomic E-state index is 9.93. The van der Waals surface area contributed by atoms with Crippen molar-refractivity contribution < 1.29 is 9.84 Å². The number of rotatable bonds is 7. The van der Waals surface area contributed by atoms with E-state index in [0.29, 0.717) is 0 Å². The Labute approximate surface area is 144 Å². The van der Waals surface area contributed by atoms with Crippen molar-refractivity contribution in [1.29, 1.82) is 0 Å². The number of aryl methyl sites for hydroxylation is 1. The van der Waals surface area contributed by atoms with Crippen molar-refractivity contribution in [2.24, 2.45) is 5.41 Å². The van der Waals surface area contributed by atoms with Gasteiger partial charge in [-0.05, 0) is 31.2 Å². The second-order valence-electron chi connectivity index (χ2n) is 6.95. The van der Waals surface area contributed by atoms with Crippen molar-refractivity contribution in [1.82, 2.24) is 9.55 Å². The van der Waals surface area contributed by atoms with Crippen molar-refractivity contribution in [2.75, 3.05) is 19.8 Å². The molecular formula is C20H28N2O2. The summed E-state index contributed by atoms with van der Waals surface area (Å²) in [5, 5.41) is 9.93. The SMILES string of the molecule is CCCCc1ccc(-c2nccn2CC2(CO)CCOCC2)cc1. The van der Waals surface area contributed by atoms with Crippen molar-refractivity contribution in [2.45, 2.75) is 45.6 Å². The van der Waals surface area contributed by atoms with Gasteiger partial charge in [0.05, 0.1) is 6.61 Å². The van der Waals surface area contributed by atoms with Crippen LogP contribution in [0.2, 0.25) is 0 Å². The number of hydrogen-bond acceptors (Lipinski definition) is 3. The van der Waals surface area contributed by atoms with Gasteiger partial charge in [0.15, 0.2) is 0 Å². The Morgan fingerprint density at radius 3 is 2.62 bits per heavy atom. The van der Waals surface area contributed by atoms with Crippen LogP contribution in [0.1, 0.15) is 38.2 Å². The van der Waals surface area contributed by atoms with Crippen LogP contribution in [0, 0.1) is 5.41 Å². The van der Waals surface area contributed by atoms with Crippen LogP contribution >= 0.6 is 0 Å². The van der Waals surface area contributed by atoms with E-state index < -0.39 is 0 Å². The van der Waals surface area contributed by atoms with E-state index in [0.717, 1.165) is 50.4 Å². The summed E-state index contributed by atoms with van der Waals surface area (Å²) in [5.41, 5.74) is 2.43. The third-order valence-corrected chi connectivity index (χ3v) is 5.14. The van der Waals surface area contributed by atoms with Crippen LogP contribution in [-0.2, 0) is 17.7 Å². The number of nitrogens with zero attached hydrogens (tertiary/aromatic N) is 2. The molecule has 1 aromatic carbocycles. The van der Waals surface area contributed by atoms with Gasteiger partial charge in [0.25, 0.3) is 0 Å². The minimum atomic E-state index is -0.0885. The fourth-order valence-electron chi connectivity index (χ4n) is 3.43. The molecule has 1 aliphatic rings. The summed E-state index contributed by atoms with van der Waals surface area (Å²) in [4.78, 5) is 4.56. The Morgan fingerprint density at radius 2 is 1.96 bits per heavy atom. The normalized spacial score (nSPS) is 17.1. The quantitative estimate of drug-likeness (QED) is 0.843. The summed E-state index contributed by atoms with van der Waals surface area (Å²) in [7, 11) is 0. The second kappa shape index (κ2) is 7.95. The molecule has 0 radical (unpaired) electrons. The number of hydrogen-bond donors (Lipinski definition) is 1. The van der Waals surface area contributed by atoms with Crippen LogP contribution in [0.15, 0.2) is 36.7 Å². The standard InChI is InChI=1S/C20H28N2O2/c1-2-3-4-17-5-7-18(8-6-17)19-21-11-12-22(19)15-20(16-23)9-13-24-14-10-20/h5-8,11-12,23H,2-4,9-10,13-16H2,1H3. The van der Waals surface area contributed by atoms with E-state index in [1.165, 1.54) is 18.4 Å². The fraction of sp³-hybridized carbons (Fsp3) is 0.550. The zero-order valence-corrected chi connectivity index (χ0v) is 14.6. The molecule has 24 heavy (non-hydrogen) atoms. The maximum absolute atomic E-state index is 9.93. The zero-order chi connectivity index (χ0) is 16.8. The van der Waals surface area contributed by atoms with Gasteiger partial charge in [-0.15, -0.1) is 0 Å². The molecule has 0 spiro atoms. The van der Waals surface area contributed by atoms with E-state index >= 15 is 0 Å².